The van der Waals surface area contributed by atoms with E-state index in [-0.39, 0.29) is 17.9 Å². The Morgan fingerprint density at radius 1 is 1.06 bits per heavy atom. The molecule has 0 aliphatic carbocycles. The SMILES string of the molecule is Fc1ccc(-c2ccc([C@@H]3[C@H](c4ccccn4)NC(=S)N3c3ccc(Cl)cc3)o2)c(Br)c1. The van der Waals surface area contributed by atoms with Crippen molar-refractivity contribution in [2.45, 2.75) is 12.1 Å². The van der Waals surface area contributed by atoms with Crippen LogP contribution in [-0.4, -0.2) is 10.1 Å². The maximum atomic E-state index is 13.6. The molecule has 32 heavy (non-hydrogen) atoms. The molecule has 1 fully saturated rings. The zero-order chi connectivity index (χ0) is 22.2. The molecule has 2 aromatic heterocycles. The van der Waals surface area contributed by atoms with Crippen LogP contribution in [0.2, 0.25) is 5.02 Å². The molecule has 8 heteroatoms. The van der Waals surface area contributed by atoms with Crippen LogP contribution < -0.4 is 10.2 Å². The molecule has 2 atom stereocenters. The summed E-state index contributed by atoms with van der Waals surface area (Å²) in [6.07, 6.45) is 1.76. The van der Waals surface area contributed by atoms with Crippen molar-refractivity contribution in [3.8, 4) is 11.3 Å². The lowest BCUT2D eigenvalue weighted by atomic mass is 10.0. The predicted octanol–water partition coefficient (Wildman–Crippen LogP) is 7.07. The van der Waals surface area contributed by atoms with Gasteiger partial charge in [-0.1, -0.05) is 17.7 Å². The summed E-state index contributed by atoms with van der Waals surface area (Å²) in [5.41, 5.74) is 2.49. The summed E-state index contributed by atoms with van der Waals surface area (Å²) in [5.74, 6) is 1.01. The Balaban J connectivity index is 1.60. The molecule has 4 nitrogen and oxygen atoms in total. The van der Waals surface area contributed by atoms with Gasteiger partial charge >= 0.3 is 0 Å². The van der Waals surface area contributed by atoms with Crippen molar-refractivity contribution < 1.29 is 8.81 Å². The lowest BCUT2D eigenvalue weighted by Gasteiger charge is -2.26. The van der Waals surface area contributed by atoms with E-state index in [2.05, 4.69) is 26.2 Å². The van der Waals surface area contributed by atoms with Crippen molar-refractivity contribution >= 4 is 50.5 Å². The van der Waals surface area contributed by atoms with Crippen molar-refractivity contribution in [1.82, 2.24) is 10.3 Å². The molecular weight excluding hydrogens is 513 g/mol. The zero-order valence-electron chi connectivity index (χ0n) is 16.5. The van der Waals surface area contributed by atoms with Crippen LogP contribution in [0.5, 0.6) is 0 Å². The van der Waals surface area contributed by atoms with E-state index in [0.29, 0.717) is 26.1 Å². The van der Waals surface area contributed by atoms with Crippen LogP contribution in [0.4, 0.5) is 10.1 Å². The van der Waals surface area contributed by atoms with Crippen LogP contribution in [0, 0.1) is 5.82 Å². The van der Waals surface area contributed by atoms with Gasteiger partial charge < -0.3 is 14.6 Å². The molecule has 1 aliphatic heterocycles. The molecule has 3 heterocycles. The number of aromatic nitrogens is 1. The minimum absolute atomic E-state index is 0.227. The molecule has 160 valence electrons. The fourth-order valence-corrected chi connectivity index (χ4v) is 4.89. The van der Waals surface area contributed by atoms with Gasteiger partial charge in [-0.25, -0.2) is 4.39 Å². The predicted molar refractivity (Wildman–Crippen MR) is 131 cm³/mol. The second-order valence-corrected chi connectivity index (χ2v) is 8.98. The van der Waals surface area contributed by atoms with Gasteiger partial charge in [0.15, 0.2) is 5.11 Å². The second-order valence-electron chi connectivity index (χ2n) is 7.30. The Labute approximate surface area is 203 Å². The smallest absolute Gasteiger partial charge is 0.174 e. The molecular formula is C24H16BrClFN3OS. The van der Waals surface area contributed by atoms with Crippen LogP contribution in [-0.2, 0) is 0 Å². The van der Waals surface area contributed by atoms with Crippen LogP contribution in [0.1, 0.15) is 23.5 Å². The van der Waals surface area contributed by atoms with E-state index in [4.69, 9.17) is 28.2 Å². The monoisotopic (exact) mass is 527 g/mol. The molecule has 0 saturated carbocycles. The number of hydrogen-bond acceptors (Lipinski definition) is 3. The number of benzene rings is 2. The maximum Gasteiger partial charge on any atom is 0.174 e. The highest BCUT2D eigenvalue weighted by atomic mass is 79.9. The fourth-order valence-electron chi connectivity index (χ4n) is 3.87. The number of hydrogen-bond donors (Lipinski definition) is 1. The number of anilines is 1. The summed E-state index contributed by atoms with van der Waals surface area (Å²) in [6, 6.07) is 21.1. The van der Waals surface area contributed by atoms with Gasteiger partial charge in [0.05, 0.1) is 11.7 Å². The summed E-state index contributed by atoms with van der Waals surface area (Å²) in [4.78, 5) is 6.55. The van der Waals surface area contributed by atoms with E-state index in [1.54, 1.807) is 12.3 Å². The highest BCUT2D eigenvalue weighted by molar-refractivity contribution is 9.10. The molecule has 1 N–H and O–H groups in total. The van der Waals surface area contributed by atoms with Gasteiger partial charge in [0.2, 0.25) is 0 Å². The minimum atomic E-state index is -0.318. The van der Waals surface area contributed by atoms with E-state index in [9.17, 15) is 4.39 Å². The van der Waals surface area contributed by atoms with Crippen molar-refractivity contribution in [2.24, 2.45) is 0 Å². The number of halogens is 3. The minimum Gasteiger partial charge on any atom is -0.459 e. The van der Waals surface area contributed by atoms with Gasteiger partial charge in [0, 0.05) is 26.9 Å². The topological polar surface area (TPSA) is 41.3 Å². The molecule has 1 aliphatic rings. The van der Waals surface area contributed by atoms with Crippen molar-refractivity contribution in [3.63, 3.8) is 0 Å². The lowest BCUT2D eigenvalue weighted by molar-refractivity contribution is 0.439. The van der Waals surface area contributed by atoms with Crippen LogP contribution >= 0.6 is 39.7 Å². The Bertz CT molecular complexity index is 1280. The Hall–Kier alpha value is -2.74. The lowest BCUT2D eigenvalue weighted by Crippen LogP contribution is -2.29. The Morgan fingerprint density at radius 3 is 2.59 bits per heavy atom. The number of pyridine rings is 1. The van der Waals surface area contributed by atoms with E-state index in [0.717, 1.165) is 16.9 Å². The van der Waals surface area contributed by atoms with Crippen molar-refractivity contribution in [2.75, 3.05) is 4.90 Å². The van der Waals surface area contributed by atoms with E-state index < -0.39 is 0 Å². The van der Waals surface area contributed by atoms with Crippen LogP contribution in [0.3, 0.4) is 0 Å². The third-order valence-electron chi connectivity index (χ3n) is 5.32. The van der Waals surface area contributed by atoms with Gasteiger partial charge in [-0.2, -0.15) is 0 Å². The highest BCUT2D eigenvalue weighted by Crippen LogP contribution is 2.43. The first-order valence-corrected chi connectivity index (χ1v) is 11.4. The summed E-state index contributed by atoms with van der Waals surface area (Å²) in [5, 5.41) is 4.60. The summed E-state index contributed by atoms with van der Waals surface area (Å²) in [6.45, 7) is 0. The highest BCUT2D eigenvalue weighted by Gasteiger charge is 2.42. The Kier molecular flexibility index (Phi) is 5.71. The average molecular weight is 529 g/mol. The average Bonchev–Trinajstić information content (AvgIpc) is 3.39. The number of rotatable bonds is 4. The van der Waals surface area contributed by atoms with Gasteiger partial charge in [-0.15, -0.1) is 0 Å². The van der Waals surface area contributed by atoms with Gasteiger partial charge in [0.25, 0.3) is 0 Å². The molecule has 0 spiro atoms. The molecule has 0 bridgehead atoms. The van der Waals surface area contributed by atoms with E-state index in [1.165, 1.54) is 12.1 Å². The maximum absolute atomic E-state index is 13.6. The zero-order valence-corrected chi connectivity index (χ0v) is 19.7. The van der Waals surface area contributed by atoms with Crippen LogP contribution in [0.15, 0.2) is 87.9 Å². The molecule has 2 aromatic carbocycles. The van der Waals surface area contributed by atoms with E-state index in [1.807, 2.05) is 59.5 Å². The molecule has 4 aromatic rings. The third-order valence-corrected chi connectivity index (χ3v) is 6.54. The second kappa shape index (κ2) is 8.65. The van der Waals surface area contributed by atoms with Gasteiger partial charge in [0.1, 0.15) is 23.4 Å². The molecule has 0 unspecified atom stereocenters. The number of thiocarbonyl (C=S) groups is 1. The molecule has 1 saturated heterocycles. The first kappa shape index (κ1) is 21.1. The summed E-state index contributed by atoms with van der Waals surface area (Å²) >= 11 is 15.2. The Morgan fingerprint density at radius 2 is 1.88 bits per heavy atom. The first-order chi connectivity index (χ1) is 15.5. The number of furan rings is 1. The molecule has 0 radical (unpaired) electrons. The molecule has 5 rings (SSSR count). The van der Waals surface area contributed by atoms with Crippen LogP contribution in [0.25, 0.3) is 11.3 Å². The quantitative estimate of drug-likeness (QED) is 0.287. The third kappa shape index (κ3) is 3.92. The van der Waals surface area contributed by atoms with E-state index >= 15 is 0 Å². The fraction of sp³-hybridized carbons (Fsp3) is 0.0833. The normalized spacial score (nSPS) is 18.1. The van der Waals surface area contributed by atoms with Gasteiger partial charge in [-0.05, 0) is 94.9 Å². The summed E-state index contributed by atoms with van der Waals surface area (Å²) < 4.78 is 20.5. The largest absolute Gasteiger partial charge is 0.459 e. The molecule has 0 amide bonds. The number of nitrogens with one attached hydrogen (secondary N) is 1. The van der Waals surface area contributed by atoms with Crippen molar-refractivity contribution in [1.29, 1.82) is 0 Å². The standard InChI is InChI=1S/C24H16BrClFN3OS/c25-18-13-15(27)6-9-17(18)20-10-11-21(31-20)23-22(19-3-1-2-12-28-19)29-24(32)30(23)16-7-4-14(26)5-8-16/h1-13,22-23H,(H,29,32)/t22-,23+/m0/s1. The first-order valence-electron chi connectivity index (χ1n) is 9.82. The summed E-state index contributed by atoms with van der Waals surface area (Å²) in [7, 11) is 0. The van der Waals surface area contributed by atoms with Gasteiger partial charge in [-0.3, -0.25) is 4.98 Å². The number of nitrogens with zero attached hydrogens (tertiary/aromatic N) is 2. The van der Waals surface area contributed by atoms with Crippen molar-refractivity contribution in [3.05, 3.63) is 106 Å².